The van der Waals surface area contributed by atoms with Crippen molar-refractivity contribution in [3.8, 4) is 6.07 Å². The average Bonchev–Trinajstić information content (AvgIpc) is 3.30. The van der Waals surface area contributed by atoms with Crippen LogP contribution in [0.15, 0.2) is 36.7 Å². The van der Waals surface area contributed by atoms with Gasteiger partial charge in [-0.3, -0.25) is 4.68 Å². The lowest BCUT2D eigenvalue weighted by molar-refractivity contribution is -0.0111. The highest BCUT2D eigenvalue weighted by Crippen LogP contribution is 2.51. The zero-order valence-electron chi connectivity index (χ0n) is 16.9. The van der Waals surface area contributed by atoms with Crippen LogP contribution in [0.3, 0.4) is 0 Å². The Morgan fingerprint density at radius 3 is 2.77 bits per heavy atom. The van der Waals surface area contributed by atoms with E-state index in [4.69, 9.17) is 16.9 Å². The molecule has 2 atom stereocenters. The molecular weight excluding hydrogens is 416 g/mol. The van der Waals surface area contributed by atoms with E-state index in [-0.39, 0.29) is 11.9 Å². The van der Waals surface area contributed by atoms with Crippen molar-refractivity contribution < 1.29 is 9.90 Å². The summed E-state index contributed by atoms with van der Waals surface area (Å²) in [6.45, 7) is 3.19. The second kappa shape index (κ2) is 7.22. The third-order valence-corrected chi connectivity index (χ3v) is 6.92. The fourth-order valence-corrected chi connectivity index (χ4v) is 5.20. The van der Waals surface area contributed by atoms with Gasteiger partial charge in [0.2, 0.25) is 0 Å². The van der Waals surface area contributed by atoms with E-state index < -0.39 is 11.6 Å². The number of nitrogens with zero attached hydrogens (tertiary/aromatic N) is 5. The first kappa shape index (κ1) is 19.8. The molecule has 1 fully saturated rings. The summed E-state index contributed by atoms with van der Waals surface area (Å²) < 4.78 is 1.95. The van der Waals surface area contributed by atoms with Crippen molar-refractivity contribution in [2.24, 2.45) is 5.92 Å². The van der Waals surface area contributed by atoms with E-state index >= 15 is 0 Å². The maximum absolute atomic E-state index is 12.7. The van der Waals surface area contributed by atoms with Gasteiger partial charge < -0.3 is 15.3 Å². The Bertz CT molecular complexity index is 1210. The Kier molecular flexibility index (Phi) is 4.61. The number of urea groups is 1. The number of anilines is 1. The van der Waals surface area contributed by atoms with Crippen LogP contribution in [0.2, 0.25) is 5.02 Å². The van der Waals surface area contributed by atoms with E-state index in [0.29, 0.717) is 29.5 Å². The van der Waals surface area contributed by atoms with Gasteiger partial charge in [-0.25, -0.2) is 9.78 Å². The van der Waals surface area contributed by atoms with Crippen molar-refractivity contribution in [1.82, 2.24) is 19.7 Å². The van der Waals surface area contributed by atoms with Gasteiger partial charge in [0.1, 0.15) is 17.9 Å². The summed E-state index contributed by atoms with van der Waals surface area (Å²) in [5.74, 6) is 0.150. The molecule has 2 N–H and O–H groups in total. The molecule has 158 valence electrons. The number of piperidine rings is 1. The normalized spacial score (nSPS) is 23.2. The molecule has 8 nitrogen and oxygen atoms in total. The number of aliphatic hydroxyl groups excluding tert-OH is 1. The summed E-state index contributed by atoms with van der Waals surface area (Å²) in [6, 6.07) is 8.69. The SMILES string of the molecule is CC1(C2CCN(C(=O)Nc3ccc(C#N)nc3)CC2)[C@H](O)c2cc(Cl)cc3cnn1c23. The summed E-state index contributed by atoms with van der Waals surface area (Å²) >= 11 is 6.24. The van der Waals surface area contributed by atoms with Gasteiger partial charge in [-0.2, -0.15) is 10.4 Å². The summed E-state index contributed by atoms with van der Waals surface area (Å²) in [7, 11) is 0. The summed E-state index contributed by atoms with van der Waals surface area (Å²) in [4.78, 5) is 18.4. The maximum Gasteiger partial charge on any atom is 0.321 e. The quantitative estimate of drug-likeness (QED) is 0.637. The number of nitriles is 1. The zero-order valence-corrected chi connectivity index (χ0v) is 17.7. The molecule has 1 aromatic carbocycles. The predicted octanol–water partition coefficient (Wildman–Crippen LogP) is 3.66. The number of rotatable bonds is 2. The van der Waals surface area contributed by atoms with Crippen LogP contribution in [-0.2, 0) is 5.54 Å². The van der Waals surface area contributed by atoms with Gasteiger partial charge in [-0.05, 0) is 49.9 Å². The number of pyridine rings is 1. The molecule has 1 saturated heterocycles. The molecule has 2 aromatic heterocycles. The number of likely N-dealkylation sites (tertiary alicyclic amines) is 1. The van der Waals surface area contributed by atoms with E-state index in [1.807, 2.05) is 29.8 Å². The van der Waals surface area contributed by atoms with Crippen LogP contribution in [-0.4, -0.2) is 43.9 Å². The van der Waals surface area contributed by atoms with Crippen molar-refractivity contribution in [2.45, 2.75) is 31.4 Å². The van der Waals surface area contributed by atoms with Crippen molar-refractivity contribution in [1.29, 1.82) is 5.26 Å². The Morgan fingerprint density at radius 1 is 1.32 bits per heavy atom. The standard InChI is InChI=1S/C22H21ClN6O2/c1-22(20(30)18-9-15(23)8-13-11-26-29(22)19(13)18)14-4-6-28(7-5-14)21(31)27-17-3-2-16(10-24)25-12-17/h2-3,8-9,11-12,14,20,30H,4-7H2,1H3,(H,27,31)/t20-,22?/m1/s1. The number of hydrogen-bond donors (Lipinski definition) is 2. The average molecular weight is 437 g/mol. The second-order valence-electron chi connectivity index (χ2n) is 8.35. The van der Waals surface area contributed by atoms with Crippen LogP contribution in [0.1, 0.15) is 37.1 Å². The summed E-state index contributed by atoms with van der Waals surface area (Å²) in [6.07, 6.45) is 4.06. The lowest BCUT2D eigenvalue weighted by atomic mass is 9.75. The highest BCUT2D eigenvalue weighted by molar-refractivity contribution is 6.31. The molecule has 1 unspecified atom stereocenters. The number of hydrogen-bond acceptors (Lipinski definition) is 5. The van der Waals surface area contributed by atoms with Gasteiger partial charge >= 0.3 is 6.03 Å². The van der Waals surface area contributed by atoms with Gasteiger partial charge in [0.05, 0.1) is 29.1 Å². The Balaban J connectivity index is 1.30. The van der Waals surface area contributed by atoms with Crippen molar-refractivity contribution in [3.63, 3.8) is 0 Å². The fraction of sp³-hybridized carbons (Fsp3) is 0.364. The summed E-state index contributed by atoms with van der Waals surface area (Å²) in [5.41, 5.74) is 2.02. The molecule has 5 rings (SSSR count). The van der Waals surface area contributed by atoms with Gasteiger partial charge in [0, 0.05) is 29.1 Å². The Hall–Kier alpha value is -3.15. The number of carbonyl (C=O) groups excluding carboxylic acids is 1. The Labute approximate surface area is 184 Å². The Morgan fingerprint density at radius 2 is 2.10 bits per heavy atom. The number of amides is 2. The van der Waals surface area contributed by atoms with Crippen LogP contribution in [0, 0.1) is 17.2 Å². The summed E-state index contributed by atoms with van der Waals surface area (Å²) in [5, 5.41) is 29.0. The number of benzene rings is 1. The molecule has 0 bridgehead atoms. The van der Waals surface area contributed by atoms with Crippen LogP contribution >= 0.6 is 11.6 Å². The van der Waals surface area contributed by atoms with Gasteiger partial charge in [0.15, 0.2) is 0 Å². The molecule has 0 aliphatic carbocycles. The fourth-order valence-electron chi connectivity index (χ4n) is 4.97. The van der Waals surface area contributed by atoms with Gasteiger partial charge in [-0.1, -0.05) is 11.6 Å². The molecule has 3 aromatic rings. The number of nitrogens with one attached hydrogen (secondary N) is 1. The van der Waals surface area contributed by atoms with Gasteiger partial charge in [0.25, 0.3) is 0 Å². The molecule has 4 heterocycles. The number of carbonyl (C=O) groups is 1. The second-order valence-corrected chi connectivity index (χ2v) is 8.79. The van der Waals surface area contributed by atoms with E-state index in [1.165, 1.54) is 6.20 Å². The molecule has 2 aliphatic rings. The topological polar surface area (TPSA) is 107 Å². The minimum absolute atomic E-state index is 0.150. The van der Waals surface area contributed by atoms with Gasteiger partial charge in [-0.15, -0.1) is 0 Å². The number of aliphatic hydroxyl groups is 1. The molecule has 2 aliphatic heterocycles. The van der Waals surface area contributed by atoms with Crippen molar-refractivity contribution in [2.75, 3.05) is 18.4 Å². The molecular formula is C22H21ClN6O2. The van der Waals surface area contributed by atoms with E-state index in [9.17, 15) is 9.90 Å². The predicted molar refractivity (Wildman–Crippen MR) is 116 cm³/mol. The van der Waals surface area contributed by atoms with Crippen LogP contribution in [0.25, 0.3) is 10.9 Å². The highest BCUT2D eigenvalue weighted by atomic mass is 35.5. The monoisotopic (exact) mass is 436 g/mol. The van der Waals surface area contributed by atoms with Crippen molar-refractivity contribution >= 4 is 34.2 Å². The third kappa shape index (κ3) is 3.04. The minimum Gasteiger partial charge on any atom is -0.386 e. The largest absolute Gasteiger partial charge is 0.386 e. The highest BCUT2D eigenvalue weighted by Gasteiger charge is 2.50. The molecule has 0 saturated carbocycles. The third-order valence-electron chi connectivity index (χ3n) is 6.70. The van der Waals surface area contributed by atoms with Crippen LogP contribution in [0.5, 0.6) is 0 Å². The molecule has 0 spiro atoms. The molecule has 0 radical (unpaired) electrons. The van der Waals surface area contributed by atoms with Crippen LogP contribution in [0.4, 0.5) is 10.5 Å². The van der Waals surface area contributed by atoms with E-state index in [1.54, 1.807) is 23.2 Å². The molecule has 31 heavy (non-hydrogen) atoms. The maximum atomic E-state index is 12.7. The number of aromatic nitrogens is 3. The number of halogens is 1. The van der Waals surface area contributed by atoms with Crippen LogP contribution < -0.4 is 5.32 Å². The first-order chi connectivity index (χ1) is 14.9. The zero-order chi connectivity index (χ0) is 21.8. The van der Waals surface area contributed by atoms with E-state index in [2.05, 4.69) is 15.4 Å². The van der Waals surface area contributed by atoms with Crippen molar-refractivity contribution in [3.05, 3.63) is 52.9 Å². The van der Waals surface area contributed by atoms with E-state index in [0.717, 1.165) is 29.3 Å². The first-order valence-corrected chi connectivity index (χ1v) is 10.6. The lowest BCUT2D eigenvalue weighted by Gasteiger charge is -2.42. The molecule has 2 amide bonds. The lowest BCUT2D eigenvalue weighted by Crippen LogP contribution is -2.49. The smallest absolute Gasteiger partial charge is 0.321 e. The minimum atomic E-state index is -0.701. The molecule has 9 heteroatoms. The first-order valence-electron chi connectivity index (χ1n) is 10.2.